The van der Waals surface area contributed by atoms with Crippen molar-refractivity contribution in [1.82, 2.24) is 0 Å². The highest BCUT2D eigenvalue weighted by molar-refractivity contribution is 7.86. The highest BCUT2D eigenvalue weighted by Gasteiger charge is 2.21. The molecule has 0 bridgehead atoms. The second kappa shape index (κ2) is 4.18. The van der Waals surface area contributed by atoms with Gasteiger partial charge < -0.3 is 0 Å². The molecule has 0 N–H and O–H groups in total. The Bertz CT molecular complexity index is 216. The van der Waals surface area contributed by atoms with Crippen molar-refractivity contribution in [3.05, 3.63) is 0 Å². The van der Waals surface area contributed by atoms with Gasteiger partial charge in [-0.1, -0.05) is 0 Å². The lowest BCUT2D eigenvalue weighted by Crippen LogP contribution is -2.29. The van der Waals surface area contributed by atoms with Crippen molar-refractivity contribution >= 4 is 10.1 Å². The molecular weight excluding hydrogens is 184 g/mol. The third-order valence-electron chi connectivity index (χ3n) is 1.50. The maximum absolute atomic E-state index is 10.9. The first kappa shape index (κ1) is 9.91. The summed E-state index contributed by atoms with van der Waals surface area (Å²) in [6.07, 6.45) is 0.169. The molecule has 6 heteroatoms. The van der Waals surface area contributed by atoms with Crippen LogP contribution in [0.4, 0.5) is 0 Å². The Morgan fingerprint density at radius 2 is 2.25 bits per heavy atom. The van der Waals surface area contributed by atoms with Gasteiger partial charge in [0.05, 0.1) is 12.4 Å². The molecule has 1 aliphatic rings. The molecular formula is C6H12O5S. The number of hydrogen-bond donors (Lipinski definition) is 0. The van der Waals surface area contributed by atoms with Crippen molar-refractivity contribution in [2.45, 2.75) is 19.4 Å². The summed E-state index contributed by atoms with van der Waals surface area (Å²) < 4.78 is 26.7. The van der Waals surface area contributed by atoms with Crippen LogP contribution < -0.4 is 0 Å². The molecule has 0 spiro atoms. The van der Waals surface area contributed by atoms with Crippen LogP contribution in [0.2, 0.25) is 0 Å². The fourth-order valence-electron chi connectivity index (χ4n) is 0.797. The summed E-state index contributed by atoms with van der Waals surface area (Å²) in [5, 5.41) is 0. The predicted molar refractivity (Wildman–Crippen MR) is 40.9 cm³/mol. The van der Waals surface area contributed by atoms with E-state index < -0.39 is 10.1 Å². The van der Waals surface area contributed by atoms with Gasteiger partial charge in [0.2, 0.25) is 0 Å². The van der Waals surface area contributed by atoms with Crippen LogP contribution >= 0.6 is 0 Å². The molecule has 1 saturated heterocycles. The fraction of sp³-hybridized carbons (Fsp3) is 1.00. The molecule has 0 aromatic heterocycles. The van der Waals surface area contributed by atoms with Gasteiger partial charge in [0.1, 0.15) is 12.7 Å². The fourth-order valence-corrected chi connectivity index (χ4v) is 1.50. The van der Waals surface area contributed by atoms with Crippen LogP contribution in [0.3, 0.4) is 0 Å². The Morgan fingerprint density at radius 3 is 2.75 bits per heavy atom. The Labute approximate surface area is 71.7 Å². The number of rotatable bonds is 3. The molecule has 1 rings (SSSR count). The van der Waals surface area contributed by atoms with Crippen molar-refractivity contribution < 1.29 is 22.4 Å². The zero-order valence-corrected chi connectivity index (χ0v) is 7.67. The molecule has 0 amide bonds. The highest BCUT2D eigenvalue weighted by atomic mass is 32.2. The van der Waals surface area contributed by atoms with E-state index in [0.29, 0.717) is 13.0 Å². The third-order valence-corrected chi connectivity index (χ3v) is 2.77. The molecule has 1 heterocycles. The second-order valence-electron chi connectivity index (χ2n) is 2.46. The third kappa shape index (κ3) is 3.06. The van der Waals surface area contributed by atoms with Gasteiger partial charge in [-0.25, -0.2) is 9.78 Å². The molecule has 0 aliphatic carbocycles. The molecule has 12 heavy (non-hydrogen) atoms. The van der Waals surface area contributed by atoms with E-state index in [0.717, 1.165) is 0 Å². The van der Waals surface area contributed by atoms with Crippen LogP contribution in [-0.2, 0) is 24.1 Å². The molecule has 0 aromatic carbocycles. The standard InChI is InChI=1S/C6H12O5S/c1-2-12(7,8)11-6-3-4-9-10-5-6/h6H,2-5H2,1H3. The van der Waals surface area contributed by atoms with Gasteiger partial charge >= 0.3 is 0 Å². The molecule has 0 radical (unpaired) electrons. The van der Waals surface area contributed by atoms with Crippen LogP contribution in [0, 0.1) is 0 Å². The molecule has 1 atom stereocenters. The minimum Gasteiger partial charge on any atom is -0.264 e. The van der Waals surface area contributed by atoms with E-state index in [9.17, 15) is 8.42 Å². The van der Waals surface area contributed by atoms with E-state index in [4.69, 9.17) is 4.18 Å². The first-order chi connectivity index (χ1) is 5.64. The van der Waals surface area contributed by atoms with Gasteiger partial charge in [0, 0.05) is 6.42 Å². The van der Waals surface area contributed by atoms with E-state index in [-0.39, 0.29) is 18.5 Å². The summed E-state index contributed by atoms with van der Waals surface area (Å²) >= 11 is 0. The minimum atomic E-state index is -3.35. The quantitative estimate of drug-likeness (QED) is 0.472. The molecule has 1 unspecified atom stereocenters. The van der Waals surface area contributed by atoms with E-state index >= 15 is 0 Å². The lowest BCUT2D eigenvalue weighted by atomic mass is 10.3. The minimum absolute atomic E-state index is 0.00957. The van der Waals surface area contributed by atoms with E-state index in [2.05, 4.69) is 9.78 Å². The average Bonchev–Trinajstić information content (AvgIpc) is 2.06. The smallest absolute Gasteiger partial charge is 0.264 e. The van der Waals surface area contributed by atoms with Crippen LogP contribution in [0.1, 0.15) is 13.3 Å². The van der Waals surface area contributed by atoms with Gasteiger partial charge in [-0.05, 0) is 6.92 Å². The summed E-state index contributed by atoms with van der Waals surface area (Å²) in [6, 6.07) is 0. The average molecular weight is 196 g/mol. The first-order valence-corrected chi connectivity index (χ1v) is 5.37. The summed E-state index contributed by atoms with van der Waals surface area (Å²) in [4.78, 5) is 9.16. The Balaban J connectivity index is 2.39. The Hall–Kier alpha value is -0.170. The first-order valence-electron chi connectivity index (χ1n) is 3.79. The van der Waals surface area contributed by atoms with Gasteiger partial charge in [-0.2, -0.15) is 8.42 Å². The summed E-state index contributed by atoms with van der Waals surface area (Å²) in [5.74, 6) is -0.00957. The van der Waals surface area contributed by atoms with Crippen molar-refractivity contribution in [2.24, 2.45) is 0 Å². The van der Waals surface area contributed by atoms with E-state index in [1.165, 1.54) is 6.92 Å². The van der Waals surface area contributed by atoms with Crippen molar-refractivity contribution in [1.29, 1.82) is 0 Å². The van der Waals surface area contributed by atoms with E-state index in [1.807, 2.05) is 0 Å². The van der Waals surface area contributed by atoms with Crippen LogP contribution in [-0.4, -0.2) is 33.5 Å². The zero-order chi connectivity index (χ0) is 9.03. The molecule has 1 aliphatic heterocycles. The lowest BCUT2D eigenvalue weighted by molar-refractivity contribution is -0.327. The van der Waals surface area contributed by atoms with Gasteiger partial charge in [0.25, 0.3) is 10.1 Å². The molecule has 72 valence electrons. The van der Waals surface area contributed by atoms with Crippen LogP contribution in [0.5, 0.6) is 0 Å². The largest absolute Gasteiger partial charge is 0.267 e. The van der Waals surface area contributed by atoms with Gasteiger partial charge in [0.15, 0.2) is 0 Å². The SMILES string of the molecule is CCS(=O)(=O)OC1CCOOC1. The lowest BCUT2D eigenvalue weighted by Gasteiger charge is -2.20. The zero-order valence-electron chi connectivity index (χ0n) is 6.86. The summed E-state index contributed by atoms with van der Waals surface area (Å²) in [5.41, 5.74) is 0. The second-order valence-corrected chi connectivity index (χ2v) is 4.34. The van der Waals surface area contributed by atoms with Gasteiger partial charge in [-0.3, -0.25) is 4.18 Å². The Kier molecular flexibility index (Phi) is 3.45. The van der Waals surface area contributed by atoms with Crippen molar-refractivity contribution in [3.63, 3.8) is 0 Å². The maximum Gasteiger partial charge on any atom is 0.267 e. The predicted octanol–water partition coefficient (Wildman–Crippen LogP) is 0.0732. The molecule has 0 saturated carbocycles. The normalized spacial score (nSPS) is 25.6. The van der Waals surface area contributed by atoms with E-state index in [1.54, 1.807) is 0 Å². The topological polar surface area (TPSA) is 61.8 Å². The summed E-state index contributed by atoms with van der Waals surface area (Å²) in [7, 11) is -3.35. The number of hydrogen-bond acceptors (Lipinski definition) is 5. The molecule has 5 nitrogen and oxygen atoms in total. The Morgan fingerprint density at radius 1 is 1.50 bits per heavy atom. The van der Waals surface area contributed by atoms with Crippen molar-refractivity contribution in [2.75, 3.05) is 19.0 Å². The van der Waals surface area contributed by atoms with Crippen LogP contribution in [0.15, 0.2) is 0 Å². The van der Waals surface area contributed by atoms with Crippen LogP contribution in [0.25, 0.3) is 0 Å². The van der Waals surface area contributed by atoms with Crippen molar-refractivity contribution in [3.8, 4) is 0 Å². The summed E-state index contributed by atoms with van der Waals surface area (Å²) in [6.45, 7) is 2.10. The monoisotopic (exact) mass is 196 g/mol. The maximum atomic E-state index is 10.9. The highest BCUT2D eigenvalue weighted by Crippen LogP contribution is 2.10. The molecule has 1 fully saturated rings. The molecule has 0 aromatic rings. The van der Waals surface area contributed by atoms with Gasteiger partial charge in [-0.15, -0.1) is 0 Å².